The van der Waals surface area contributed by atoms with Gasteiger partial charge in [0.05, 0.1) is 10.7 Å². The van der Waals surface area contributed by atoms with Gasteiger partial charge in [-0.1, -0.05) is 29.3 Å². The highest BCUT2D eigenvalue weighted by Crippen LogP contribution is 2.35. The summed E-state index contributed by atoms with van der Waals surface area (Å²) in [7, 11) is -3.85. The molecule has 112 valence electrons. The molecule has 1 rings (SSSR count). The molecule has 0 aliphatic heterocycles. The summed E-state index contributed by atoms with van der Waals surface area (Å²) >= 11 is 11.8. The molecule has 0 radical (unpaired) electrons. The first-order valence-corrected chi connectivity index (χ1v) is 8.09. The molecule has 7 heteroatoms. The van der Waals surface area contributed by atoms with E-state index in [9.17, 15) is 8.42 Å². The summed E-state index contributed by atoms with van der Waals surface area (Å²) in [5.74, 6) is 0. The number of anilines is 1. The Bertz CT molecular complexity index is 599. The van der Waals surface area contributed by atoms with Gasteiger partial charge in [-0.3, -0.25) is 0 Å². The van der Waals surface area contributed by atoms with Crippen molar-refractivity contribution < 1.29 is 8.42 Å². The molecule has 0 saturated heterocycles. The third kappa shape index (κ3) is 3.47. The van der Waals surface area contributed by atoms with E-state index in [-0.39, 0.29) is 27.2 Å². The van der Waals surface area contributed by atoms with Crippen molar-refractivity contribution >= 4 is 38.9 Å². The molecule has 0 atom stereocenters. The largest absolute Gasteiger partial charge is 0.398 e. The molecule has 0 spiro atoms. The van der Waals surface area contributed by atoms with Crippen LogP contribution in [-0.4, -0.2) is 24.8 Å². The Kier molecular flexibility index (Phi) is 5.13. The molecule has 4 nitrogen and oxygen atoms in total. The van der Waals surface area contributed by atoms with E-state index in [1.54, 1.807) is 20.8 Å². The number of nitrogens with two attached hydrogens (primary N) is 1. The fourth-order valence-corrected chi connectivity index (χ4v) is 4.52. The van der Waals surface area contributed by atoms with Gasteiger partial charge in [0.25, 0.3) is 0 Å². The van der Waals surface area contributed by atoms with Crippen LogP contribution < -0.4 is 5.73 Å². The van der Waals surface area contributed by atoms with Crippen LogP contribution in [0.1, 0.15) is 20.8 Å². The van der Waals surface area contributed by atoms with E-state index in [1.165, 1.54) is 22.5 Å². The minimum Gasteiger partial charge on any atom is -0.398 e. The van der Waals surface area contributed by atoms with Gasteiger partial charge in [0, 0.05) is 17.1 Å². The number of nitrogen functional groups attached to an aromatic ring is 1. The van der Waals surface area contributed by atoms with E-state index >= 15 is 0 Å². The van der Waals surface area contributed by atoms with Crippen LogP contribution in [0.2, 0.25) is 10.0 Å². The predicted molar refractivity (Wildman–Crippen MR) is 84.7 cm³/mol. The SMILES string of the molecule is C=CCN(C(C)(C)C)S(=O)(=O)c1c(N)cc(Cl)cc1Cl. The third-order valence-corrected chi connectivity index (χ3v) is 5.51. The van der Waals surface area contributed by atoms with Crippen molar-refractivity contribution in [2.45, 2.75) is 31.2 Å². The Hall–Kier alpha value is -0.750. The van der Waals surface area contributed by atoms with Gasteiger partial charge in [-0.25, -0.2) is 8.42 Å². The highest BCUT2D eigenvalue weighted by atomic mass is 35.5. The molecule has 0 aliphatic carbocycles. The van der Waals surface area contributed by atoms with E-state index < -0.39 is 15.6 Å². The number of sulfonamides is 1. The zero-order valence-corrected chi connectivity index (χ0v) is 14.0. The Morgan fingerprint density at radius 3 is 2.30 bits per heavy atom. The quantitative estimate of drug-likeness (QED) is 0.675. The highest BCUT2D eigenvalue weighted by Gasteiger charge is 2.35. The standard InChI is InChI=1S/C13H18Cl2N2O2S/c1-5-6-17(13(2,3)4)20(18,19)12-10(15)7-9(14)8-11(12)16/h5,7-8H,1,6,16H2,2-4H3. The summed E-state index contributed by atoms with van der Waals surface area (Å²) in [5, 5.41) is 0.297. The summed E-state index contributed by atoms with van der Waals surface area (Å²) in [6.45, 7) is 9.10. The first kappa shape index (κ1) is 17.3. The van der Waals surface area contributed by atoms with Crippen LogP contribution in [0, 0.1) is 0 Å². The van der Waals surface area contributed by atoms with Gasteiger partial charge in [-0.15, -0.1) is 6.58 Å². The number of hydrogen-bond acceptors (Lipinski definition) is 3. The van der Waals surface area contributed by atoms with Crippen molar-refractivity contribution in [2.24, 2.45) is 0 Å². The van der Waals surface area contributed by atoms with Gasteiger partial charge in [0.15, 0.2) is 0 Å². The average molecular weight is 337 g/mol. The molecule has 0 aromatic heterocycles. The van der Waals surface area contributed by atoms with Gasteiger partial charge >= 0.3 is 0 Å². The van der Waals surface area contributed by atoms with Gasteiger partial charge in [0.2, 0.25) is 10.0 Å². The van der Waals surface area contributed by atoms with Crippen molar-refractivity contribution in [3.63, 3.8) is 0 Å². The van der Waals surface area contributed by atoms with Crippen LogP contribution in [0.15, 0.2) is 29.7 Å². The van der Waals surface area contributed by atoms with E-state index in [4.69, 9.17) is 28.9 Å². The molecule has 0 unspecified atom stereocenters. The minimum atomic E-state index is -3.85. The molecular formula is C13H18Cl2N2O2S. The van der Waals surface area contributed by atoms with Crippen LogP contribution in [0.25, 0.3) is 0 Å². The fraction of sp³-hybridized carbons (Fsp3) is 0.385. The molecule has 0 amide bonds. The van der Waals surface area contributed by atoms with E-state index in [0.29, 0.717) is 0 Å². The summed E-state index contributed by atoms with van der Waals surface area (Å²) in [5.41, 5.74) is 5.18. The molecule has 2 N–H and O–H groups in total. The first-order chi connectivity index (χ1) is 9.01. The summed E-state index contributed by atoms with van der Waals surface area (Å²) in [4.78, 5) is -0.125. The maximum absolute atomic E-state index is 12.8. The normalized spacial score (nSPS) is 12.7. The van der Waals surface area contributed by atoms with Crippen LogP contribution in [-0.2, 0) is 10.0 Å². The number of halogens is 2. The van der Waals surface area contributed by atoms with Crippen molar-refractivity contribution in [3.05, 3.63) is 34.8 Å². The Morgan fingerprint density at radius 2 is 1.90 bits per heavy atom. The van der Waals surface area contributed by atoms with Gasteiger partial charge in [-0.05, 0) is 32.9 Å². The van der Waals surface area contributed by atoms with Crippen LogP contribution >= 0.6 is 23.2 Å². The molecule has 1 aromatic rings. The van der Waals surface area contributed by atoms with Crippen LogP contribution in [0.5, 0.6) is 0 Å². The second-order valence-corrected chi connectivity index (χ2v) is 7.94. The van der Waals surface area contributed by atoms with E-state index in [0.717, 1.165) is 0 Å². The highest BCUT2D eigenvalue weighted by molar-refractivity contribution is 7.89. The summed E-state index contributed by atoms with van der Waals surface area (Å²) < 4.78 is 26.9. The van der Waals surface area contributed by atoms with Crippen molar-refractivity contribution in [2.75, 3.05) is 12.3 Å². The fourth-order valence-electron chi connectivity index (χ4n) is 1.81. The molecular weight excluding hydrogens is 319 g/mol. The van der Waals surface area contributed by atoms with Gasteiger partial charge < -0.3 is 5.73 Å². The zero-order valence-electron chi connectivity index (χ0n) is 11.7. The topological polar surface area (TPSA) is 63.4 Å². The lowest BCUT2D eigenvalue weighted by Gasteiger charge is -2.34. The monoisotopic (exact) mass is 336 g/mol. The Morgan fingerprint density at radius 1 is 1.35 bits per heavy atom. The summed E-state index contributed by atoms with van der Waals surface area (Å²) in [6, 6.07) is 2.73. The maximum Gasteiger partial charge on any atom is 0.247 e. The third-order valence-electron chi connectivity index (χ3n) is 2.63. The average Bonchev–Trinajstić information content (AvgIpc) is 2.21. The summed E-state index contributed by atoms with van der Waals surface area (Å²) in [6.07, 6.45) is 1.52. The van der Waals surface area contributed by atoms with E-state index in [2.05, 4.69) is 6.58 Å². The molecule has 1 aromatic carbocycles. The molecule has 20 heavy (non-hydrogen) atoms. The molecule has 0 heterocycles. The number of nitrogens with zero attached hydrogens (tertiary/aromatic N) is 1. The number of hydrogen-bond donors (Lipinski definition) is 1. The lowest BCUT2D eigenvalue weighted by molar-refractivity contribution is 0.270. The van der Waals surface area contributed by atoms with Crippen molar-refractivity contribution in [3.8, 4) is 0 Å². The number of rotatable bonds is 4. The maximum atomic E-state index is 12.8. The lowest BCUT2D eigenvalue weighted by atomic mass is 10.1. The smallest absolute Gasteiger partial charge is 0.247 e. The zero-order chi connectivity index (χ0) is 15.7. The van der Waals surface area contributed by atoms with E-state index in [1.807, 2.05) is 0 Å². The predicted octanol–water partition coefficient (Wildman–Crippen LogP) is 3.55. The molecule has 0 saturated carbocycles. The molecule has 0 bridgehead atoms. The van der Waals surface area contributed by atoms with Crippen molar-refractivity contribution in [1.82, 2.24) is 4.31 Å². The second kappa shape index (κ2) is 5.93. The number of benzene rings is 1. The van der Waals surface area contributed by atoms with Crippen molar-refractivity contribution in [1.29, 1.82) is 0 Å². The Balaban J connectivity index is 3.53. The van der Waals surface area contributed by atoms with Gasteiger partial charge in [-0.2, -0.15) is 4.31 Å². The molecule has 0 fully saturated rings. The van der Waals surface area contributed by atoms with Crippen LogP contribution in [0.3, 0.4) is 0 Å². The minimum absolute atomic E-state index is 0.00770. The van der Waals surface area contributed by atoms with Crippen LogP contribution in [0.4, 0.5) is 5.69 Å². The van der Waals surface area contributed by atoms with Gasteiger partial charge in [0.1, 0.15) is 4.90 Å². The molecule has 0 aliphatic rings. The first-order valence-electron chi connectivity index (χ1n) is 5.90. The lowest BCUT2D eigenvalue weighted by Crippen LogP contribution is -2.45. The Labute approximate surface area is 130 Å². The second-order valence-electron chi connectivity index (χ2n) is 5.30.